The normalized spacial score (nSPS) is 15.1. The average molecular weight is 604 g/mol. The summed E-state index contributed by atoms with van der Waals surface area (Å²) in [7, 11) is 0. The zero-order chi connectivity index (χ0) is 29.1. The third kappa shape index (κ3) is 6.65. The summed E-state index contributed by atoms with van der Waals surface area (Å²) >= 11 is 14.0. The number of benzene rings is 4. The quantitative estimate of drug-likeness (QED) is 0.214. The van der Waals surface area contributed by atoms with Gasteiger partial charge in [-0.25, -0.2) is 9.79 Å². The minimum atomic E-state index is -0.968. The maximum Gasteiger partial charge on any atom is 0.335 e. The number of amidine groups is 1. The summed E-state index contributed by atoms with van der Waals surface area (Å²) in [5, 5.41) is 10.7. The highest BCUT2D eigenvalue weighted by molar-refractivity contribution is 8.19. The summed E-state index contributed by atoms with van der Waals surface area (Å²) in [4.78, 5) is 31.5. The Kier molecular flexibility index (Phi) is 8.49. The number of carboxylic acid groups (broad SMARTS) is 1. The SMILES string of the molecule is Cc1ccc(N=C2S/C(=C/c3ccc(OCc4ccc(C(=O)O)cc4)cc3)C(=O)N2c2ccc(C)c(Cl)c2)cc1Cl. The molecule has 6 nitrogen and oxygen atoms in total. The minimum absolute atomic E-state index is 0.211. The van der Waals surface area contributed by atoms with Crippen LogP contribution in [-0.2, 0) is 11.4 Å². The molecule has 1 aliphatic rings. The van der Waals surface area contributed by atoms with Crippen molar-refractivity contribution in [3.63, 3.8) is 0 Å². The number of thioether (sulfide) groups is 1. The van der Waals surface area contributed by atoms with Gasteiger partial charge in [0.1, 0.15) is 12.4 Å². The third-order valence-corrected chi connectivity index (χ3v) is 8.17. The molecule has 0 spiro atoms. The number of nitrogens with zero attached hydrogens (tertiary/aromatic N) is 2. The predicted molar refractivity (Wildman–Crippen MR) is 167 cm³/mol. The number of hydrogen-bond acceptors (Lipinski definition) is 5. The van der Waals surface area contributed by atoms with E-state index in [0.29, 0.717) is 43.8 Å². The van der Waals surface area contributed by atoms with Gasteiger partial charge in [0.05, 0.1) is 21.8 Å². The van der Waals surface area contributed by atoms with Gasteiger partial charge in [0.15, 0.2) is 5.17 Å². The third-order valence-electron chi connectivity index (χ3n) is 6.38. The van der Waals surface area contributed by atoms with Crippen LogP contribution >= 0.6 is 35.0 Å². The van der Waals surface area contributed by atoms with E-state index in [1.165, 1.54) is 11.8 Å². The van der Waals surface area contributed by atoms with Crippen LogP contribution in [-0.4, -0.2) is 22.2 Å². The van der Waals surface area contributed by atoms with E-state index in [9.17, 15) is 9.59 Å². The van der Waals surface area contributed by atoms with Crippen molar-refractivity contribution in [2.24, 2.45) is 4.99 Å². The van der Waals surface area contributed by atoms with Crippen LogP contribution in [0.5, 0.6) is 5.75 Å². The van der Waals surface area contributed by atoms with Crippen LogP contribution in [0.25, 0.3) is 6.08 Å². The van der Waals surface area contributed by atoms with E-state index in [0.717, 1.165) is 22.3 Å². The van der Waals surface area contributed by atoms with Gasteiger partial charge in [0, 0.05) is 10.0 Å². The monoisotopic (exact) mass is 602 g/mol. The molecule has 1 saturated heterocycles. The molecule has 1 fully saturated rings. The molecular weight excluding hydrogens is 579 g/mol. The van der Waals surface area contributed by atoms with Crippen LogP contribution in [0.1, 0.15) is 32.6 Å². The summed E-state index contributed by atoms with van der Waals surface area (Å²) < 4.78 is 5.84. The molecule has 5 rings (SSSR count). The van der Waals surface area contributed by atoms with Crippen molar-refractivity contribution in [1.29, 1.82) is 0 Å². The van der Waals surface area contributed by atoms with E-state index < -0.39 is 5.97 Å². The number of carboxylic acids is 1. The van der Waals surface area contributed by atoms with Crippen LogP contribution in [0, 0.1) is 13.8 Å². The number of ether oxygens (including phenoxy) is 1. The summed E-state index contributed by atoms with van der Waals surface area (Å²) in [6, 6.07) is 24.9. The molecule has 41 heavy (non-hydrogen) atoms. The van der Waals surface area contributed by atoms with Crippen molar-refractivity contribution in [2.75, 3.05) is 4.90 Å². The Hall–Kier alpha value is -4.04. The van der Waals surface area contributed by atoms with Gasteiger partial charge in [-0.3, -0.25) is 9.69 Å². The largest absolute Gasteiger partial charge is 0.489 e. The van der Waals surface area contributed by atoms with Crippen molar-refractivity contribution in [1.82, 2.24) is 0 Å². The molecule has 0 saturated carbocycles. The topological polar surface area (TPSA) is 79.2 Å². The minimum Gasteiger partial charge on any atom is -0.489 e. The van der Waals surface area contributed by atoms with Crippen LogP contribution in [0.3, 0.4) is 0 Å². The first kappa shape index (κ1) is 28.5. The lowest BCUT2D eigenvalue weighted by atomic mass is 10.1. The van der Waals surface area contributed by atoms with E-state index >= 15 is 0 Å². The molecule has 1 aliphatic heterocycles. The number of hydrogen-bond donors (Lipinski definition) is 1. The molecule has 0 aliphatic carbocycles. The lowest BCUT2D eigenvalue weighted by Crippen LogP contribution is -2.28. The van der Waals surface area contributed by atoms with E-state index in [1.807, 2.05) is 68.5 Å². The molecule has 1 heterocycles. The first-order chi connectivity index (χ1) is 19.7. The number of aromatic carboxylic acids is 1. The van der Waals surface area contributed by atoms with Crippen molar-refractivity contribution in [3.8, 4) is 5.75 Å². The Labute approximate surface area is 251 Å². The van der Waals surface area contributed by atoms with Gasteiger partial charge in [0.25, 0.3) is 5.91 Å². The molecule has 1 N–H and O–H groups in total. The molecule has 1 amide bonds. The van der Waals surface area contributed by atoms with Gasteiger partial charge in [-0.15, -0.1) is 0 Å². The number of halogens is 2. The molecule has 4 aromatic carbocycles. The van der Waals surface area contributed by atoms with E-state index in [1.54, 1.807) is 41.3 Å². The summed E-state index contributed by atoms with van der Waals surface area (Å²) in [6.45, 7) is 4.12. The Morgan fingerprint density at radius 1 is 0.927 bits per heavy atom. The predicted octanol–water partition coefficient (Wildman–Crippen LogP) is 8.70. The molecule has 9 heteroatoms. The fourth-order valence-corrected chi connectivity index (χ4v) is 5.33. The van der Waals surface area contributed by atoms with E-state index in [4.69, 9.17) is 38.0 Å². The Morgan fingerprint density at radius 3 is 2.22 bits per heavy atom. The molecule has 0 bridgehead atoms. The average Bonchev–Trinajstić information content (AvgIpc) is 3.26. The van der Waals surface area contributed by atoms with Crippen molar-refractivity contribution >= 4 is 69.5 Å². The first-order valence-electron chi connectivity index (χ1n) is 12.6. The number of rotatable bonds is 7. The molecular formula is C32H24Cl2N2O4S. The number of anilines is 1. The van der Waals surface area contributed by atoms with Gasteiger partial charge in [0.2, 0.25) is 0 Å². The van der Waals surface area contributed by atoms with E-state index in [2.05, 4.69) is 0 Å². The molecule has 4 aromatic rings. The number of aliphatic imine (C=N–C) groups is 1. The van der Waals surface area contributed by atoms with Crippen LogP contribution < -0.4 is 9.64 Å². The summed E-state index contributed by atoms with van der Waals surface area (Å²) in [5.41, 5.74) is 5.02. The second-order valence-corrected chi connectivity index (χ2v) is 11.2. The maximum absolute atomic E-state index is 13.6. The molecule has 0 unspecified atom stereocenters. The smallest absolute Gasteiger partial charge is 0.335 e. The van der Waals surface area contributed by atoms with Gasteiger partial charge < -0.3 is 9.84 Å². The van der Waals surface area contributed by atoms with Crippen molar-refractivity contribution in [2.45, 2.75) is 20.5 Å². The second kappa shape index (κ2) is 12.2. The Balaban J connectivity index is 1.38. The highest BCUT2D eigenvalue weighted by Gasteiger charge is 2.35. The molecule has 0 aromatic heterocycles. The standard InChI is InChI=1S/C32H24Cl2N2O4S/c1-19-3-11-24(16-27(19)33)35-32-36(25-12-4-20(2)28(34)17-25)30(37)29(41-32)15-21-7-13-26(14-8-21)40-18-22-5-9-23(10-6-22)31(38)39/h3-17H,18H2,1-2H3,(H,38,39)/b29-15+,35-32?. The number of carbonyl (C=O) groups is 2. The van der Waals surface area contributed by atoms with Crippen LogP contribution in [0.4, 0.5) is 11.4 Å². The number of aryl methyl sites for hydroxylation is 2. The molecule has 206 valence electrons. The van der Waals surface area contributed by atoms with Gasteiger partial charge in [-0.05, 0) is 102 Å². The Bertz CT molecular complexity index is 1700. The lowest BCUT2D eigenvalue weighted by Gasteiger charge is -2.16. The van der Waals surface area contributed by atoms with Crippen molar-refractivity contribution in [3.05, 3.63) is 128 Å². The first-order valence-corrected chi connectivity index (χ1v) is 14.2. The van der Waals surface area contributed by atoms with Crippen LogP contribution in [0.15, 0.2) is 94.8 Å². The molecule has 0 atom stereocenters. The highest BCUT2D eigenvalue weighted by Crippen LogP contribution is 2.39. The second-order valence-electron chi connectivity index (χ2n) is 9.37. The number of amides is 1. The maximum atomic E-state index is 13.6. The summed E-state index contributed by atoms with van der Waals surface area (Å²) in [5.74, 6) is -0.531. The Morgan fingerprint density at radius 2 is 1.59 bits per heavy atom. The lowest BCUT2D eigenvalue weighted by molar-refractivity contribution is -0.113. The van der Waals surface area contributed by atoms with Gasteiger partial charge in [-0.1, -0.05) is 59.6 Å². The fraction of sp³-hybridized carbons (Fsp3) is 0.0938. The van der Waals surface area contributed by atoms with E-state index in [-0.39, 0.29) is 11.5 Å². The zero-order valence-electron chi connectivity index (χ0n) is 22.1. The summed E-state index contributed by atoms with van der Waals surface area (Å²) in [6.07, 6.45) is 1.81. The van der Waals surface area contributed by atoms with Gasteiger partial charge in [-0.2, -0.15) is 0 Å². The molecule has 0 radical (unpaired) electrons. The number of carbonyl (C=O) groups excluding carboxylic acids is 1. The zero-order valence-corrected chi connectivity index (χ0v) is 24.4. The van der Waals surface area contributed by atoms with Gasteiger partial charge >= 0.3 is 5.97 Å². The van der Waals surface area contributed by atoms with Crippen molar-refractivity contribution < 1.29 is 19.4 Å². The highest BCUT2D eigenvalue weighted by atomic mass is 35.5. The fourth-order valence-electron chi connectivity index (χ4n) is 3.98. The van der Waals surface area contributed by atoms with Crippen LogP contribution in [0.2, 0.25) is 10.0 Å².